The summed E-state index contributed by atoms with van der Waals surface area (Å²) < 4.78 is 0. The number of carbonyl (C=O) groups is 1. The number of amides is 1. The van der Waals surface area contributed by atoms with E-state index in [0.29, 0.717) is 0 Å². The van der Waals surface area contributed by atoms with Crippen LogP contribution in [0.4, 0.5) is 0 Å². The highest BCUT2D eigenvalue weighted by Crippen LogP contribution is 2.32. The molecular weight excluding hydrogens is 190 g/mol. The standard InChI is InChI=1S/C11H21N3O/c1-2-14(9-3-4-9)8-7-13-10(15)11(12)5-6-11/h9H,2-8,12H2,1H3,(H,13,15). The first-order chi connectivity index (χ1) is 7.15. The summed E-state index contributed by atoms with van der Waals surface area (Å²) in [4.78, 5) is 14.0. The Kier molecular flexibility index (Phi) is 2.98. The first-order valence-electron chi connectivity index (χ1n) is 5.97. The van der Waals surface area contributed by atoms with Crippen LogP contribution in [0, 0.1) is 0 Å². The number of likely N-dealkylation sites (N-methyl/N-ethyl adjacent to an activating group) is 1. The van der Waals surface area contributed by atoms with Crippen molar-refractivity contribution in [3.63, 3.8) is 0 Å². The number of hydrogen-bond acceptors (Lipinski definition) is 3. The highest BCUT2D eigenvalue weighted by atomic mass is 16.2. The van der Waals surface area contributed by atoms with Gasteiger partial charge in [0, 0.05) is 19.1 Å². The Bertz CT molecular complexity index is 246. The Labute approximate surface area is 91.2 Å². The van der Waals surface area contributed by atoms with Gasteiger partial charge in [-0.15, -0.1) is 0 Å². The molecule has 2 aliphatic carbocycles. The summed E-state index contributed by atoms with van der Waals surface area (Å²) in [6.07, 6.45) is 4.34. The monoisotopic (exact) mass is 211 g/mol. The third kappa shape index (κ3) is 2.69. The van der Waals surface area contributed by atoms with Crippen molar-refractivity contribution < 1.29 is 4.79 Å². The Morgan fingerprint density at radius 1 is 1.53 bits per heavy atom. The van der Waals surface area contributed by atoms with Crippen molar-refractivity contribution in [2.75, 3.05) is 19.6 Å². The third-order valence-electron chi connectivity index (χ3n) is 3.39. The van der Waals surface area contributed by atoms with Gasteiger partial charge in [-0.05, 0) is 32.2 Å². The lowest BCUT2D eigenvalue weighted by atomic mass is 10.3. The number of hydrogen-bond donors (Lipinski definition) is 2. The van der Waals surface area contributed by atoms with E-state index in [0.717, 1.165) is 38.5 Å². The van der Waals surface area contributed by atoms with Gasteiger partial charge in [0.15, 0.2) is 0 Å². The van der Waals surface area contributed by atoms with E-state index in [1.165, 1.54) is 12.8 Å². The number of carbonyl (C=O) groups excluding carboxylic acids is 1. The average Bonchev–Trinajstić information content (AvgIpc) is 3.07. The van der Waals surface area contributed by atoms with Gasteiger partial charge >= 0.3 is 0 Å². The molecule has 0 atom stereocenters. The summed E-state index contributed by atoms with van der Waals surface area (Å²) in [5, 5.41) is 2.93. The molecule has 0 aromatic carbocycles. The van der Waals surface area contributed by atoms with Crippen molar-refractivity contribution in [2.24, 2.45) is 5.73 Å². The first-order valence-corrected chi connectivity index (χ1v) is 5.97. The zero-order valence-electron chi connectivity index (χ0n) is 9.46. The van der Waals surface area contributed by atoms with E-state index in [9.17, 15) is 4.79 Å². The minimum atomic E-state index is -0.517. The fourth-order valence-corrected chi connectivity index (χ4v) is 1.89. The van der Waals surface area contributed by atoms with Crippen LogP contribution in [0.15, 0.2) is 0 Å². The largest absolute Gasteiger partial charge is 0.353 e. The maximum Gasteiger partial charge on any atom is 0.240 e. The van der Waals surface area contributed by atoms with E-state index in [1.807, 2.05) is 0 Å². The summed E-state index contributed by atoms with van der Waals surface area (Å²) in [6.45, 7) is 4.95. The molecule has 4 nitrogen and oxygen atoms in total. The molecule has 15 heavy (non-hydrogen) atoms. The normalized spacial score (nSPS) is 22.9. The van der Waals surface area contributed by atoms with Crippen LogP contribution in [0.2, 0.25) is 0 Å². The zero-order valence-corrected chi connectivity index (χ0v) is 9.46. The molecule has 0 aromatic rings. The second-order valence-electron chi connectivity index (χ2n) is 4.77. The lowest BCUT2D eigenvalue weighted by Crippen LogP contribution is -2.45. The molecule has 2 aliphatic rings. The van der Waals surface area contributed by atoms with Crippen molar-refractivity contribution in [2.45, 2.75) is 44.2 Å². The highest BCUT2D eigenvalue weighted by molar-refractivity contribution is 5.88. The number of nitrogens with zero attached hydrogens (tertiary/aromatic N) is 1. The van der Waals surface area contributed by atoms with Crippen molar-refractivity contribution in [3.05, 3.63) is 0 Å². The summed E-state index contributed by atoms with van der Waals surface area (Å²) >= 11 is 0. The minimum absolute atomic E-state index is 0.0364. The van der Waals surface area contributed by atoms with E-state index in [4.69, 9.17) is 5.73 Å². The molecule has 0 bridgehead atoms. The smallest absolute Gasteiger partial charge is 0.240 e. The van der Waals surface area contributed by atoms with Gasteiger partial charge in [-0.3, -0.25) is 9.69 Å². The predicted molar refractivity (Wildman–Crippen MR) is 59.4 cm³/mol. The molecule has 0 spiro atoms. The van der Waals surface area contributed by atoms with E-state index < -0.39 is 5.54 Å². The van der Waals surface area contributed by atoms with E-state index in [2.05, 4.69) is 17.1 Å². The van der Waals surface area contributed by atoms with Crippen LogP contribution in [0.3, 0.4) is 0 Å². The van der Waals surface area contributed by atoms with Crippen LogP contribution in [0.25, 0.3) is 0 Å². The van der Waals surface area contributed by atoms with Crippen molar-refractivity contribution in [1.29, 1.82) is 0 Å². The van der Waals surface area contributed by atoms with Gasteiger partial charge in [0.05, 0.1) is 5.54 Å². The van der Waals surface area contributed by atoms with Crippen LogP contribution >= 0.6 is 0 Å². The summed E-state index contributed by atoms with van der Waals surface area (Å²) in [5.41, 5.74) is 5.27. The number of rotatable bonds is 6. The van der Waals surface area contributed by atoms with Gasteiger partial charge in [0.2, 0.25) is 5.91 Å². The van der Waals surface area contributed by atoms with Crippen molar-refractivity contribution >= 4 is 5.91 Å². The van der Waals surface area contributed by atoms with Gasteiger partial charge in [0.1, 0.15) is 0 Å². The number of nitrogens with one attached hydrogen (secondary N) is 1. The molecule has 0 unspecified atom stereocenters. The fourth-order valence-electron chi connectivity index (χ4n) is 1.89. The summed E-state index contributed by atoms with van der Waals surface area (Å²) in [5.74, 6) is 0.0364. The topological polar surface area (TPSA) is 58.4 Å². The minimum Gasteiger partial charge on any atom is -0.353 e. The molecule has 3 N–H and O–H groups in total. The van der Waals surface area contributed by atoms with E-state index in [1.54, 1.807) is 0 Å². The highest BCUT2D eigenvalue weighted by Gasteiger charge is 2.45. The molecule has 0 heterocycles. The van der Waals surface area contributed by atoms with Gasteiger partial charge in [-0.2, -0.15) is 0 Å². The van der Waals surface area contributed by atoms with Crippen LogP contribution in [-0.4, -0.2) is 42.0 Å². The molecule has 2 fully saturated rings. The molecule has 86 valence electrons. The fraction of sp³-hybridized carbons (Fsp3) is 0.909. The zero-order chi connectivity index (χ0) is 10.9. The molecule has 0 aromatic heterocycles. The molecule has 0 radical (unpaired) electrons. The van der Waals surface area contributed by atoms with Crippen molar-refractivity contribution in [1.82, 2.24) is 10.2 Å². The molecular formula is C11H21N3O. The van der Waals surface area contributed by atoms with E-state index in [-0.39, 0.29) is 5.91 Å². The lowest BCUT2D eigenvalue weighted by Gasteiger charge is -2.20. The predicted octanol–water partition coefficient (Wildman–Crippen LogP) is 0.0782. The second kappa shape index (κ2) is 4.10. The average molecular weight is 211 g/mol. The quantitative estimate of drug-likeness (QED) is 0.654. The van der Waals surface area contributed by atoms with Crippen molar-refractivity contribution in [3.8, 4) is 0 Å². The van der Waals surface area contributed by atoms with Crippen LogP contribution < -0.4 is 11.1 Å². The molecule has 2 saturated carbocycles. The van der Waals surface area contributed by atoms with Gasteiger partial charge in [-0.1, -0.05) is 6.92 Å². The summed E-state index contributed by atoms with van der Waals surface area (Å²) in [7, 11) is 0. The van der Waals surface area contributed by atoms with Crippen LogP contribution in [0.5, 0.6) is 0 Å². The number of nitrogens with two attached hydrogens (primary N) is 1. The Morgan fingerprint density at radius 2 is 2.20 bits per heavy atom. The lowest BCUT2D eigenvalue weighted by molar-refractivity contribution is -0.123. The molecule has 0 saturated heterocycles. The molecule has 1 amide bonds. The molecule has 2 rings (SSSR count). The SMILES string of the molecule is CCN(CCNC(=O)C1(N)CC1)C1CC1. The Balaban J connectivity index is 1.63. The van der Waals surface area contributed by atoms with Crippen LogP contribution in [-0.2, 0) is 4.79 Å². The second-order valence-corrected chi connectivity index (χ2v) is 4.77. The molecule has 4 heteroatoms. The van der Waals surface area contributed by atoms with Gasteiger partial charge < -0.3 is 11.1 Å². The summed E-state index contributed by atoms with van der Waals surface area (Å²) in [6, 6.07) is 0.777. The van der Waals surface area contributed by atoms with Gasteiger partial charge in [0.25, 0.3) is 0 Å². The maximum atomic E-state index is 11.5. The third-order valence-corrected chi connectivity index (χ3v) is 3.39. The Hall–Kier alpha value is -0.610. The Morgan fingerprint density at radius 3 is 2.67 bits per heavy atom. The first kappa shape index (κ1) is 10.9. The van der Waals surface area contributed by atoms with Crippen LogP contribution in [0.1, 0.15) is 32.6 Å². The van der Waals surface area contributed by atoms with E-state index >= 15 is 0 Å². The van der Waals surface area contributed by atoms with Gasteiger partial charge in [-0.25, -0.2) is 0 Å². The molecule has 0 aliphatic heterocycles. The maximum absolute atomic E-state index is 11.5.